The summed E-state index contributed by atoms with van der Waals surface area (Å²) >= 11 is 3.06. The summed E-state index contributed by atoms with van der Waals surface area (Å²) in [6, 6.07) is 0. The van der Waals surface area contributed by atoms with Crippen molar-refractivity contribution in [2.75, 3.05) is 18.4 Å². The Hall–Kier alpha value is -1.31. The number of aromatic nitrogens is 2. The zero-order valence-corrected chi connectivity index (χ0v) is 15.2. The Morgan fingerprint density at radius 3 is 2.70 bits per heavy atom. The number of hydrogen-bond donors (Lipinski definition) is 1. The highest BCUT2D eigenvalue weighted by molar-refractivity contribution is 7.14. The molecule has 1 aliphatic rings. The fourth-order valence-electron chi connectivity index (χ4n) is 2.70. The quantitative estimate of drug-likeness (QED) is 0.899. The average molecular weight is 351 g/mol. The number of carbonyl (C=O) groups is 1. The molecule has 3 rings (SSSR count). The summed E-state index contributed by atoms with van der Waals surface area (Å²) in [6.07, 6.45) is 2.84. The molecule has 0 spiro atoms. The number of carbonyl (C=O) groups excluding carboxylic acids is 1. The SMILES string of the molecule is Cc1nc(CC(=O)Nc2nc(CN3CCC(C)CC3)cs2)cs1. The van der Waals surface area contributed by atoms with E-state index in [9.17, 15) is 4.79 Å². The van der Waals surface area contributed by atoms with Crippen LogP contribution < -0.4 is 5.32 Å². The Kier molecular flexibility index (Phi) is 5.40. The molecule has 1 N–H and O–H groups in total. The number of rotatable bonds is 5. The minimum atomic E-state index is -0.0528. The van der Waals surface area contributed by atoms with Gasteiger partial charge in [0.1, 0.15) is 0 Å². The molecule has 0 unspecified atom stereocenters. The number of anilines is 1. The van der Waals surface area contributed by atoms with E-state index < -0.39 is 0 Å². The smallest absolute Gasteiger partial charge is 0.232 e. The lowest BCUT2D eigenvalue weighted by atomic mass is 9.99. The van der Waals surface area contributed by atoms with Crippen molar-refractivity contribution in [2.24, 2.45) is 5.92 Å². The van der Waals surface area contributed by atoms with Crippen LogP contribution in [-0.4, -0.2) is 33.9 Å². The van der Waals surface area contributed by atoms with Gasteiger partial charge in [0.15, 0.2) is 5.13 Å². The number of hydrogen-bond acceptors (Lipinski definition) is 6. The van der Waals surface area contributed by atoms with Gasteiger partial charge in [0.25, 0.3) is 0 Å². The van der Waals surface area contributed by atoms with E-state index in [1.165, 1.54) is 24.2 Å². The zero-order chi connectivity index (χ0) is 16.2. The molecule has 2 aromatic rings. The lowest BCUT2D eigenvalue weighted by Crippen LogP contribution is -2.32. The van der Waals surface area contributed by atoms with E-state index in [1.54, 1.807) is 11.3 Å². The van der Waals surface area contributed by atoms with E-state index in [1.807, 2.05) is 17.7 Å². The molecule has 124 valence electrons. The van der Waals surface area contributed by atoms with Crippen molar-refractivity contribution >= 4 is 33.7 Å². The Balaban J connectivity index is 1.49. The van der Waals surface area contributed by atoms with Crippen molar-refractivity contribution in [3.8, 4) is 0 Å². The van der Waals surface area contributed by atoms with Gasteiger partial charge in [0.2, 0.25) is 5.91 Å². The van der Waals surface area contributed by atoms with E-state index in [0.717, 1.165) is 41.9 Å². The molecule has 0 aromatic carbocycles. The first-order valence-corrected chi connectivity index (χ1v) is 9.72. The normalized spacial score (nSPS) is 16.6. The third-order valence-corrected chi connectivity index (χ3v) is 5.70. The van der Waals surface area contributed by atoms with Gasteiger partial charge < -0.3 is 5.32 Å². The van der Waals surface area contributed by atoms with Crippen LogP contribution in [0.2, 0.25) is 0 Å². The van der Waals surface area contributed by atoms with Gasteiger partial charge in [-0.05, 0) is 38.8 Å². The number of thiazole rings is 2. The summed E-state index contributed by atoms with van der Waals surface area (Å²) in [6.45, 7) is 7.43. The van der Waals surface area contributed by atoms with Crippen LogP contribution in [0.25, 0.3) is 0 Å². The van der Waals surface area contributed by atoms with Gasteiger partial charge in [-0.25, -0.2) is 9.97 Å². The summed E-state index contributed by atoms with van der Waals surface area (Å²) in [5.41, 5.74) is 1.87. The molecular formula is C16H22N4OS2. The summed E-state index contributed by atoms with van der Waals surface area (Å²) in [5.74, 6) is 0.786. The molecular weight excluding hydrogens is 328 g/mol. The minimum Gasteiger partial charge on any atom is -0.302 e. The van der Waals surface area contributed by atoms with Crippen molar-refractivity contribution in [1.82, 2.24) is 14.9 Å². The molecule has 0 bridgehead atoms. The number of amides is 1. The van der Waals surface area contributed by atoms with E-state index in [-0.39, 0.29) is 5.91 Å². The predicted molar refractivity (Wildman–Crippen MR) is 95.0 cm³/mol. The topological polar surface area (TPSA) is 58.1 Å². The predicted octanol–water partition coefficient (Wildman–Crippen LogP) is 3.32. The van der Waals surface area contributed by atoms with Crippen LogP contribution in [0.3, 0.4) is 0 Å². The summed E-state index contributed by atoms with van der Waals surface area (Å²) in [5, 5.41) is 8.52. The molecule has 0 aliphatic carbocycles. The van der Waals surface area contributed by atoms with Gasteiger partial charge in [-0.2, -0.15) is 0 Å². The molecule has 23 heavy (non-hydrogen) atoms. The van der Waals surface area contributed by atoms with E-state index in [4.69, 9.17) is 0 Å². The third-order valence-electron chi connectivity index (χ3n) is 4.07. The summed E-state index contributed by atoms with van der Waals surface area (Å²) < 4.78 is 0. The number of aryl methyl sites for hydroxylation is 1. The van der Waals surface area contributed by atoms with Crippen molar-refractivity contribution in [2.45, 2.75) is 39.7 Å². The number of nitrogens with zero attached hydrogens (tertiary/aromatic N) is 3. The standard InChI is InChI=1S/C16H22N4OS2/c1-11-3-5-20(6-4-11)8-14-10-23-16(18-14)19-15(21)7-13-9-22-12(2)17-13/h9-11H,3-8H2,1-2H3,(H,18,19,21). The van der Waals surface area contributed by atoms with Crippen molar-refractivity contribution in [3.63, 3.8) is 0 Å². The summed E-state index contributed by atoms with van der Waals surface area (Å²) in [4.78, 5) is 23.3. The molecule has 7 heteroatoms. The van der Waals surface area contributed by atoms with Crippen LogP contribution in [0.15, 0.2) is 10.8 Å². The molecule has 0 saturated carbocycles. The van der Waals surface area contributed by atoms with E-state index in [0.29, 0.717) is 11.6 Å². The number of nitrogens with one attached hydrogen (secondary N) is 1. The zero-order valence-electron chi connectivity index (χ0n) is 13.5. The first-order valence-electron chi connectivity index (χ1n) is 7.96. The third kappa shape index (κ3) is 4.83. The van der Waals surface area contributed by atoms with Gasteiger partial charge in [0.05, 0.1) is 22.8 Å². The lowest BCUT2D eigenvalue weighted by Gasteiger charge is -2.29. The Labute approximate surface area is 144 Å². The largest absolute Gasteiger partial charge is 0.302 e. The molecule has 0 radical (unpaired) electrons. The maximum absolute atomic E-state index is 12.0. The molecule has 3 heterocycles. The van der Waals surface area contributed by atoms with Crippen LogP contribution >= 0.6 is 22.7 Å². The number of likely N-dealkylation sites (tertiary alicyclic amines) is 1. The molecule has 2 aromatic heterocycles. The maximum Gasteiger partial charge on any atom is 0.232 e. The first kappa shape index (κ1) is 16.5. The second kappa shape index (κ2) is 7.51. The van der Waals surface area contributed by atoms with Crippen molar-refractivity contribution in [1.29, 1.82) is 0 Å². The van der Waals surface area contributed by atoms with Crippen molar-refractivity contribution in [3.05, 3.63) is 27.2 Å². The highest BCUT2D eigenvalue weighted by Crippen LogP contribution is 2.21. The van der Waals surface area contributed by atoms with Crippen LogP contribution in [0.4, 0.5) is 5.13 Å². The lowest BCUT2D eigenvalue weighted by molar-refractivity contribution is -0.115. The first-order chi connectivity index (χ1) is 11.1. The molecule has 1 fully saturated rings. The molecule has 1 aliphatic heterocycles. The molecule has 1 saturated heterocycles. The second-order valence-electron chi connectivity index (χ2n) is 6.19. The Morgan fingerprint density at radius 2 is 2.00 bits per heavy atom. The van der Waals surface area contributed by atoms with E-state index >= 15 is 0 Å². The molecule has 0 atom stereocenters. The van der Waals surface area contributed by atoms with E-state index in [2.05, 4.69) is 27.1 Å². The van der Waals surface area contributed by atoms with Crippen LogP contribution in [-0.2, 0) is 17.8 Å². The highest BCUT2D eigenvalue weighted by atomic mass is 32.1. The average Bonchev–Trinajstić information content (AvgIpc) is 3.11. The monoisotopic (exact) mass is 350 g/mol. The highest BCUT2D eigenvalue weighted by Gasteiger charge is 2.17. The second-order valence-corrected chi connectivity index (χ2v) is 8.11. The summed E-state index contributed by atoms with van der Waals surface area (Å²) in [7, 11) is 0. The van der Waals surface area contributed by atoms with Gasteiger partial charge in [-0.15, -0.1) is 22.7 Å². The number of piperidine rings is 1. The van der Waals surface area contributed by atoms with Crippen LogP contribution in [0.1, 0.15) is 36.2 Å². The van der Waals surface area contributed by atoms with Gasteiger partial charge in [-0.1, -0.05) is 6.92 Å². The fraction of sp³-hybridized carbons (Fsp3) is 0.562. The van der Waals surface area contributed by atoms with Gasteiger partial charge in [-0.3, -0.25) is 9.69 Å². The van der Waals surface area contributed by atoms with Crippen molar-refractivity contribution < 1.29 is 4.79 Å². The maximum atomic E-state index is 12.0. The van der Waals surface area contributed by atoms with Gasteiger partial charge >= 0.3 is 0 Å². The van der Waals surface area contributed by atoms with Crippen LogP contribution in [0.5, 0.6) is 0 Å². The van der Waals surface area contributed by atoms with Crippen LogP contribution in [0, 0.1) is 12.8 Å². The molecule has 5 nitrogen and oxygen atoms in total. The minimum absolute atomic E-state index is 0.0528. The fourth-order valence-corrected chi connectivity index (χ4v) is 4.03. The Bertz CT molecular complexity index is 659. The van der Waals surface area contributed by atoms with Gasteiger partial charge in [0, 0.05) is 17.3 Å². The Morgan fingerprint density at radius 1 is 1.26 bits per heavy atom. The molecule has 1 amide bonds.